The van der Waals surface area contributed by atoms with Gasteiger partial charge in [-0.2, -0.15) is 0 Å². The smallest absolute Gasteiger partial charge is 0.374 e. The second kappa shape index (κ2) is 16.6. The van der Waals surface area contributed by atoms with Crippen LogP contribution >= 0.6 is 14.3 Å². The average molecular weight is 577 g/mol. The predicted octanol–water partition coefficient (Wildman–Crippen LogP) is 6.59. The first-order valence-corrected chi connectivity index (χ1v) is 22.3. The molecule has 0 aliphatic rings. The zero-order valence-corrected chi connectivity index (χ0v) is 27.9. The first-order valence-electron chi connectivity index (χ1n) is 13.2. The Labute approximate surface area is 218 Å². The molecule has 0 N–H and O–H groups in total. The van der Waals surface area contributed by atoms with Crippen LogP contribution in [-0.2, 0) is 35.7 Å². The Kier molecular flexibility index (Phi) is 16.9. The van der Waals surface area contributed by atoms with Gasteiger partial charge in [0.1, 0.15) is 0 Å². The summed E-state index contributed by atoms with van der Waals surface area (Å²) < 4.78 is 63.7. The second-order valence-electron chi connectivity index (χ2n) is 9.36. The van der Waals surface area contributed by atoms with Crippen LogP contribution in [0.2, 0.25) is 12.1 Å². The third kappa shape index (κ3) is 10.7. The van der Waals surface area contributed by atoms with Gasteiger partial charge >= 0.3 is 17.6 Å². The maximum atomic E-state index is 13.8. The van der Waals surface area contributed by atoms with Crippen molar-refractivity contribution in [3.63, 3.8) is 0 Å². The molecular formula is C23H54O8P2Si2. The van der Waals surface area contributed by atoms with Gasteiger partial charge in [0.25, 0.3) is 0 Å². The molecule has 0 aromatic rings. The maximum Gasteiger partial charge on any atom is 0.500 e. The van der Waals surface area contributed by atoms with E-state index in [4.69, 9.17) is 26.6 Å². The Hall–Kier alpha value is 0.654. The normalized spacial score (nSPS) is 14.0. The number of hydrogen-bond acceptors (Lipinski definition) is 8. The molecule has 0 aliphatic carbocycles. The van der Waals surface area contributed by atoms with Crippen molar-refractivity contribution in [2.75, 3.05) is 66.3 Å². The Balaban J connectivity index is 5.91. The van der Waals surface area contributed by atoms with E-state index in [-0.39, 0.29) is 0 Å². The highest BCUT2D eigenvalue weighted by molar-refractivity contribution is 7.81. The third-order valence-corrected chi connectivity index (χ3v) is 20.4. The van der Waals surface area contributed by atoms with Gasteiger partial charge in [-0.3, -0.25) is 0 Å². The molecule has 0 aromatic heterocycles. The van der Waals surface area contributed by atoms with Crippen LogP contribution in [0, 0.1) is 0 Å². The van der Waals surface area contributed by atoms with Crippen molar-refractivity contribution < 1.29 is 35.7 Å². The molecule has 8 nitrogen and oxygen atoms in total. The topological polar surface area (TPSA) is 89.5 Å². The van der Waals surface area contributed by atoms with Crippen LogP contribution < -0.4 is 0 Å². The highest BCUT2D eigenvalue weighted by Gasteiger charge is 2.52. The molecule has 0 aliphatic heterocycles. The third-order valence-electron chi connectivity index (χ3n) is 6.31. The van der Waals surface area contributed by atoms with E-state index in [0.29, 0.717) is 77.4 Å². The molecule has 0 bridgehead atoms. The molecule has 0 fully saturated rings. The van der Waals surface area contributed by atoms with Crippen molar-refractivity contribution in [1.29, 1.82) is 0 Å². The summed E-state index contributed by atoms with van der Waals surface area (Å²) in [7, 11) is -11.2. The van der Waals surface area contributed by atoms with Crippen LogP contribution in [0.4, 0.5) is 0 Å². The van der Waals surface area contributed by atoms with E-state index >= 15 is 0 Å². The molecule has 12 heteroatoms. The van der Waals surface area contributed by atoms with Crippen LogP contribution in [0.1, 0.15) is 67.2 Å². The summed E-state index contributed by atoms with van der Waals surface area (Å²) in [5.74, 6) is 0. The van der Waals surface area contributed by atoms with Gasteiger partial charge in [0.15, 0.2) is 0 Å². The summed E-state index contributed by atoms with van der Waals surface area (Å²) in [4.78, 5) is -0.782. The minimum absolute atomic E-state index is 0.510. The summed E-state index contributed by atoms with van der Waals surface area (Å²) in [6.07, 6.45) is 2.48. The van der Waals surface area contributed by atoms with Crippen LogP contribution in [0.25, 0.3) is 0 Å². The lowest BCUT2D eigenvalue weighted by Crippen LogP contribution is -2.46. The summed E-state index contributed by atoms with van der Waals surface area (Å²) >= 11 is 0. The monoisotopic (exact) mass is 576 g/mol. The van der Waals surface area contributed by atoms with E-state index in [2.05, 4.69) is 0 Å². The molecule has 0 unspecified atom stereocenters. The lowest BCUT2D eigenvalue weighted by molar-refractivity contribution is 0.0703. The van der Waals surface area contributed by atoms with Gasteiger partial charge in [0.2, 0.25) is 0 Å². The fraction of sp³-hybridized carbons (Fsp3) is 1.00. The number of hydrogen-bond donors (Lipinski definition) is 0. The Morgan fingerprint density at radius 3 is 0.914 bits per heavy atom. The van der Waals surface area contributed by atoms with E-state index in [1.165, 1.54) is 0 Å². The van der Waals surface area contributed by atoms with Crippen LogP contribution in [0.5, 0.6) is 0 Å². The summed E-state index contributed by atoms with van der Waals surface area (Å²) in [6.45, 7) is 21.8. The molecule has 0 amide bonds. The van der Waals surface area contributed by atoms with Gasteiger partial charge in [-0.1, -0.05) is 0 Å². The van der Waals surface area contributed by atoms with Crippen LogP contribution in [0.3, 0.4) is 0 Å². The highest BCUT2D eigenvalue weighted by atomic mass is 31.2. The molecule has 0 saturated carbocycles. The van der Waals surface area contributed by atoms with Gasteiger partial charge in [0.05, 0.1) is 19.2 Å². The standard InChI is InChI=1S/C23H54O8P2Si2/c1-11-26-34(27-12-2,28-13-3)21-17-19-23(32(7,8)24,33(9,10)25)20-18-22-35(29-14-4,30-15-5)31-16-6/h11-22H2,1-10H3. The fourth-order valence-electron chi connectivity index (χ4n) is 4.96. The summed E-state index contributed by atoms with van der Waals surface area (Å²) in [6, 6.07) is 1.22. The highest BCUT2D eigenvalue weighted by Crippen LogP contribution is 2.74. The van der Waals surface area contributed by atoms with Crippen molar-refractivity contribution in [2.24, 2.45) is 0 Å². The van der Waals surface area contributed by atoms with E-state index in [0.717, 1.165) is 0 Å². The van der Waals surface area contributed by atoms with E-state index in [9.17, 15) is 9.13 Å². The van der Waals surface area contributed by atoms with Gasteiger partial charge < -0.3 is 35.7 Å². The molecular weight excluding hydrogens is 522 g/mol. The van der Waals surface area contributed by atoms with Crippen molar-refractivity contribution in [1.82, 2.24) is 0 Å². The van der Waals surface area contributed by atoms with Crippen LogP contribution in [0.15, 0.2) is 0 Å². The maximum absolute atomic E-state index is 13.8. The summed E-state index contributed by atoms with van der Waals surface area (Å²) in [5, 5.41) is 0. The molecule has 0 radical (unpaired) electrons. The molecule has 212 valence electrons. The Morgan fingerprint density at radius 2 is 0.743 bits per heavy atom. The molecule has 0 heterocycles. The zero-order chi connectivity index (χ0) is 27.2. The van der Waals surface area contributed by atoms with Gasteiger partial charge in [-0.25, -0.2) is 0 Å². The van der Waals surface area contributed by atoms with Gasteiger partial charge in [-0.15, -0.1) is 0 Å². The fourth-order valence-corrected chi connectivity index (χ4v) is 17.6. The molecule has 0 spiro atoms. The predicted molar refractivity (Wildman–Crippen MR) is 151 cm³/mol. The lowest BCUT2D eigenvalue weighted by atomic mass is 10.1. The van der Waals surface area contributed by atoms with E-state index < -0.39 is 36.8 Å². The second-order valence-corrected chi connectivity index (χ2v) is 22.3. The molecule has 0 aromatic carbocycles. The van der Waals surface area contributed by atoms with E-state index in [1.807, 2.05) is 41.5 Å². The zero-order valence-electron chi connectivity index (χ0n) is 24.1. The van der Waals surface area contributed by atoms with Crippen molar-refractivity contribution in [2.45, 2.75) is 84.2 Å². The van der Waals surface area contributed by atoms with Gasteiger partial charge in [0, 0.05) is 51.7 Å². The first kappa shape index (κ1) is 35.7. The van der Waals surface area contributed by atoms with Crippen molar-refractivity contribution in [3.05, 3.63) is 0 Å². The Bertz CT molecular complexity index is 578. The quantitative estimate of drug-likeness (QED) is 0.105. The minimum atomic E-state index is -2.84. The molecule has 35 heavy (non-hydrogen) atoms. The lowest BCUT2D eigenvalue weighted by Gasteiger charge is -2.42. The largest absolute Gasteiger partial charge is 0.500 e. The molecule has 0 rings (SSSR count). The van der Waals surface area contributed by atoms with Crippen molar-refractivity contribution in [3.8, 4) is 0 Å². The first-order chi connectivity index (χ1) is 16.3. The summed E-state index contributed by atoms with van der Waals surface area (Å²) in [5.41, 5.74) is 0. The van der Waals surface area contributed by atoms with Crippen molar-refractivity contribution >= 4 is 31.9 Å². The van der Waals surface area contributed by atoms with Gasteiger partial charge in [-0.05, 0) is 93.9 Å². The SMILES string of the molecule is CCO[Si](CCCC(CCC[Si](OCC)(OCC)OCC)(P(C)(C)=O)P(C)(C)=O)(OCC)OCC. The van der Waals surface area contributed by atoms with E-state index in [1.54, 1.807) is 26.7 Å². The van der Waals surface area contributed by atoms with Crippen LogP contribution in [-0.4, -0.2) is 88.8 Å². The number of rotatable bonds is 22. The molecule has 0 atom stereocenters. The Morgan fingerprint density at radius 1 is 0.514 bits per heavy atom. The molecule has 0 saturated heterocycles. The average Bonchev–Trinajstić information content (AvgIpc) is 2.72. The minimum Gasteiger partial charge on any atom is -0.374 e.